The number of carbonyl (C=O) groups excluding carboxylic acids is 2. The third kappa shape index (κ3) is 3.58. The van der Waals surface area contributed by atoms with Crippen LogP contribution in [0.2, 0.25) is 0 Å². The predicted molar refractivity (Wildman–Crippen MR) is 82.4 cm³/mol. The van der Waals surface area contributed by atoms with E-state index in [0.29, 0.717) is 52.4 Å². The van der Waals surface area contributed by atoms with Crippen LogP contribution in [0.3, 0.4) is 0 Å². The highest BCUT2D eigenvalue weighted by Crippen LogP contribution is 2.17. The third-order valence-electron chi connectivity index (χ3n) is 4.26. The van der Waals surface area contributed by atoms with Gasteiger partial charge in [0.05, 0.1) is 12.6 Å². The Morgan fingerprint density at radius 1 is 1.50 bits per heavy atom. The van der Waals surface area contributed by atoms with Crippen molar-refractivity contribution in [2.45, 2.75) is 19.0 Å². The van der Waals surface area contributed by atoms with E-state index < -0.39 is 0 Å². The van der Waals surface area contributed by atoms with Gasteiger partial charge in [0, 0.05) is 46.3 Å². The molecule has 10 nitrogen and oxygen atoms in total. The first-order valence-corrected chi connectivity index (χ1v) is 8.01. The molecule has 3 amide bonds. The maximum absolute atomic E-state index is 12.3. The second-order valence-corrected chi connectivity index (χ2v) is 5.79. The molecule has 1 N–H and O–H groups in total. The van der Waals surface area contributed by atoms with Crippen LogP contribution < -0.4 is 5.32 Å². The number of methoxy groups -OCH3 is 1. The summed E-state index contributed by atoms with van der Waals surface area (Å²) in [6, 6.07) is -0.161. The van der Waals surface area contributed by atoms with Gasteiger partial charge >= 0.3 is 12.1 Å². The lowest BCUT2D eigenvalue weighted by molar-refractivity contribution is 0.127. The van der Waals surface area contributed by atoms with Crippen molar-refractivity contribution in [1.29, 1.82) is 0 Å². The minimum atomic E-state index is -0.282. The van der Waals surface area contributed by atoms with Crippen LogP contribution in [0.4, 0.5) is 9.59 Å². The van der Waals surface area contributed by atoms with Crippen LogP contribution in [-0.2, 0) is 22.4 Å². The first-order chi connectivity index (χ1) is 11.7. The van der Waals surface area contributed by atoms with Gasteiger partial charge in [0.1, 0.15) is 18.8 Å². The van der Waals surface area contributed by atoms with Crippen molar-refractivity contribution >= 4 is 12.1 Å². The molecule has 2 aliphatic heterocycles. The van der Waals surface area contributed by atoms with E-state index in [1.54, 1.807) is 23.2 Å². The second kappa shape index (κ2) is 7.47. The van der Waals surface area contributed by atoms with Crippen LogP contribution in [-0.4, -0.2) is 89.2 Å². The van der Waals surface area contributed by atoms with Crippen LogP contribution in [0.15, 0.2) is 6.33 Å². The normalized spacial score (nSPS) is 20.0. The number of piperazine rings is 1. The van der Waals surface area contributed by atoms with Crippen LogP contribution in [0.1, 0.15) is 5.82 Å². The highest BCUT2D eigenvalue weighted by Gasteiger charge is 2.38. The molecule has 2 fully saturated rings. The number of aromatic nitrogens is 3. The van der Waals surface area contributed by atoms with Crippen LogP contribution in [0.25, 0.3) is 0 Å². The summed E-state index contributed by atoms with van der Waals surface area (Å²) in [4.78, 5) is 27.1. The lowest BCUT2D eigenvalue weighted by atomic mass is 10.2. The van der Waals surface area contributed by atoms with Crippen molar-refractivity contribution in [3.05, 3.63) is 12.2 Å². The van der Waals surface area contributed by atoms with E-state index in [1.165, 1.54) is 0 Å². The SMILES string of the molecule is COCCn1cnnc1CCNC(=O)N1CCN2C(=O)OCC2C1. The Balaban J connectivity index is 1.43. The fourth-order valence-electron chi connectivity index (χ4n) is 2.92. The molecule has 2 aliphatic rings. The van der Waals surface area contributed by atoms with E-state index in [2.05, 4.69) is 15.5 Å². The van der Waals surface area contributed by atoms with Gasteiger partial charge in [0.15, 0.2) is 0 Å². The molecule has 1 atom stereocenters. The maximum Gasteiger partial charge on any atom is 0.410 e. The molecule has 0 aliphatic carbocycles. The quantitative estimate of drug-likeness (QED) is 0.737. The lowest BCUT2D eigenvalue weighted by Gasteiger charge is -2.35. The van der Waals surface area contributed by atoms with E-state index in [9.17, 15) is 9.59 Å². The van der Waals surface area contributed by atoms with Gasteiger partial charge in [-0.1, -0.05) is 0 Å². The largest absolute Gasteiger partial charge is 0.447 e. The molecule has 132 valence electrons. The molecule has 3 rings (SSSR count). The van der Waals surface area contributed by atoms with Gasteiger partial charge in [0.25, 0.3) is 0 Å². The smallest absolute Gasteiger partial charge is 0.410 e. The van der Waals surface area contributed by atoms with Gasteiger partial charge in [0.2, 0.25) is 0 Å². The topological polar surface area (TPSA) is 102 Å². The molecule has 2 saturated heterocycles. The van der Waals surface area contributed by atoms with Crippen molar-refractivity contribution in [2.24, 2.45) is 0 Å². The molecule has 0 saturated carbocycles. The Hall–Kier alpha value is -2.36. The summed E-state index contributed by atoms with van der Waals surface area (Å²) in [6.45, 7) is 3.63. The highest BCUT2D eigenvalue weighted by atomic mass is 16.6. The van der Waals surface area contributed by atoms with E-state index in [1.807, 2.05) is 4.57 Å². The molecule has 3 heterocycles. The van der Waals surface area contributed by atoms with Gasteiger partial charge in [-0.25, -0.2) is 9.59 Å². The van der Waals surface area contributed by atoms with Gasteiger partial charge in [-0.15, -0.1) is 10.2 Å². The molecule has 10 heteroatoms. The summed E-state index contributed by atoms with van der Waals surface area (Å²) in [6.07, 6.45) is 1.97. The maximum atomic E-state index is 12.3. The summed E-state index contributed by atoms with van der Waals surface area (Å²) in [5.41, 5.74) is 0. The standard InChI is InChI=1S/C14H22N6O4/c1-23-7-6-19-10-16-17-12(19)2-3-15-13(21)18-4-5-20-11(8-18)9-24-14(20)22/h10-11H,2-9H2,1H3,(H,15,21). The number of nitrogens with one attached hydrogen (secondary N) is 1. The average molecular weight is 338 g/mol. The third-order valence-corrected chi connectivity index (χ3v) is 4.26. The monoisotopic (exact) mass is 338 g/mol. The Morgan fingerprint density at radius 3 is 3.21 bits per heavy atom. The average Bonchev–Trinajstić information content (AvgIpc) is 3.19. The summed E-state index contributed by atoms with van der Waals surface area (Å²) >= 11 is 0. The van der Waals surface area contributed by atoms with Gasteiger partial charge in [-0.3, -0.25) is 4.90 Å². The van der Waals surface area contributed by atoms with Crippen LogP contribution in [0.5, 0.6) is 0 Å². The van der Waals surface area contributed by atoms with Crippen molar-refractivity contribution in [3.63, 3.8) is 0 Å². The lowest BCUT2D eigenvalue weighted by Crippen LogP contribution is -2.56. The fraction of sp³-hybridized carbons (Fsp3) is 0.714. The molecule has 0 radical (unpaired) electrons. The van der Waals surface area contributed by atoms with Gasteiger partial charge in [-0.2, -0.15) is 0 Å². The van der Waals surface area contributed by atoms with Crippen LogP contribution >= 0.6 is 0 Å². The molecule has 24 heavy (non-hydrogen) atoms. The molecular formula is C14H22N6O4. The zero-order valence-corrected chi connectivity index (χ0v) is 13.7. The first kappa shape index (κ1) is 16.5. The molecule has 1 aromatic rings. The molecule has 0 aromatic carbocycles. The van der Waals surface area contributed by atoms with Gasteiger partial charge in [-0.05, 0) is 0 Å². The Bertz CT molecular complexity index is 592. The molecule has 1 unspecified atom stereocenters. The number of ether oxygens (including phenoxy) is 2. The molecule has 0 spiro atoms. The second-order valence-electron chi connectivity index (χ2n) is 5.79. The Kier molecular flexibility index (Phi) is 5.14. The molecule has 1 aromatic heterocycles. The highest BCUT2D eigenvalue weighted by molar-refractivity contribution is 5.75. The Morgan fingerprint density at radius 2 is 2.38 bits per heavy atom. The van der Waals surface area contributed by atoms with Crippen molar-refractivity contribution in [1.82, 2.24) is 29.9 Å². The zero-order chi connectivity index (χ0) is 16.9. The fourth-order valence-corrected chi connectivity index (χ4v) is 2.92. The van der Waals surface area contributed by atoms with E-state index in [0.717, 1.165) is 5.82 Å². The van der Waals surface area contributed by atoms with E-state index in [4.69, 9.17) is 9.47 Å². The molecule has 0 bridgehead atoms. The minimum Gasteiger partial charge on any atom is -0.447 e. The molecular weight excluding hydrogens is 316 g/mol. The number of carbonyl (C=O) groups is 2. The number of rotatable bonds is 6. The van der Waals surface area contributed by atoms with Crippen LogP contribution in [0, 0.1) is 0 Å². The number of amides is 3. The summed E-state index contributed by atoms with van der Waals surface area (Å²) in [5, 5.41) is 10.8. The summed E-state index contributed by atoms with van der Waals surface area (Å²) < 4.78 is 12.0. The Labute approximate surface area is 139 Å². The first-order valence-electron chi connectivity index (χ1n) is 8.01. The zero-order valence-electron chi connectivity index (χ0n) is 13.7. The van der Waals surface area contributed by atoms with E-state index >= 15 is 0 Å². The van der Waals surface area contributed by atoms with Crippen molar-refractivity contribution in [2.75, 3.05) is 46.5 Å². The number of hydrogen-bond donors (Lipinski definition) is 1. The number of hydrogen-bond acceptors (Lipinski definition) is 6. The minimum absolute atomic E-state index is 0.0332. The summed E-state index contributed by atoms with van der Waals surface area (Å²) in [5.74, 6) is 0.812. The summed E-state index contributed by atoms with van der Waals surface area (Å²) in [7, 11) is 1.65. The van der Waals surface area contributed by atoms with Crippen molar-refractivity contribution in [3.8, 4) is 0 Å². The predicted octanol–water partition coefficient (Wildman–Crippen LogP) is -0.687. The number of urea groups is 1. The van der Waals surface area contributed by atoms with Crippen molar-refractivity contribution < 1.29 is 19.1 Å². The number of cyclic esters (lactones) is 1. The number of fused-ring (bicyclic) bond motifs is 1. The number of nitrogens with zero attached hydrogens (tertiary/aromatic N) is 5. The van der Waals surface area contributed by atoms with Gasteiger partial charge < -0.3 is 24.3 Å². The van der Waals surface area contributed by atoms with E-state index in [-0.39, 0.29) is 18.2 Å².